The molecule has 0 unspecified atom stereocenters. The number of hydrogen-bond donors (Lipinski definition) is 0. The van der Waals surface area contributed by atoms with Crippen LogP contribution in [-0.2, 0) is 4.74 Å². The number of ether oxygens (including phenoxy) is 2. The topological polar surface area (TPSA) is 59.3 Å². The molecule has 6 heteroatoms. The molecule has 0 aliphatic heterocycles. The van der Waals surface area contributed by atoms with Gasteiger partial charge in [0.2, 0.25) is 0 Å². The first-order valence-corrected chi connectivity index (χ1v) is 4.94. The molecule has 84 valence electrons. The van der Waals surface area contributed by atoms with Crippen molar-refractivity contribution in [2.75, 3.05) is 13.9 Å². The molecule has 0 aromatic heterocycles. The number of benzene rings is 1. The van der Waals surface area contributed by atoms with E-state index in [1.54, 1.807) is 6.07 Å². The van der Waals surface area contributed by atoms with Crippen LogP contribution in [0.25, 0.3) is 0 Å². The molecule has 1 aromatic carbocycles. The van der Waals surface area contributed by atoms with Crippen LogP contribution in [0.3, 0.4) is 0 Å². The molecule has 0 spiro atoms. The summed E-state index contributed by atoms with van der Waals surface area (Å²) in [4.78, 5) is 10.6. The van der Waals surface area contributed by atoms with Crippen molar-refractivity contribution >= 4 is 22.2 Å². The summed E-state index contributed by atoms with van der Waals surface area (Å²) in [5.41, 5.74) is -0.524. The summed E-state index contributed by atoms with van der Waals surface area (Å²) < 4.78 is 23.5. The number of hydrogen-bond acceptors (Lipinski definition) is 4. The first-order valence-electron chi connectivity index (χ1n) is 4.14. The molecule has 1 aromatic rings. The number of aldehydes is 1. The van der Waals surface area contributed by atoms with Crippen molar-refractivity contribution < 1.29 is 18.7 Å². The number of nitriles is 1. The van der Waals surface area contributed by atoms with Crippen molar-refractivity contribution in [1.29, 1.82) is 5.26 Å². The van der Waals surface area contributed by atoms with E-state index in [9.17, 15) is 9.18 Å². The van der Waals surface area contributed by atoms with Gasteiger partial charge in [0, 0.05) is 11.6 Å². The molecule has 0 saturated carbocycles. The Morgan fingerprint density at radius 1 is 1.69 bits per heavy atom. The predicted molar refractivity (Wildman–Crippen MR) is 56.7 cm³/mol. The fraction of sp³-hybridized carbons (Fsp3) is 0.200. The van der Waals surface area contributed by atoms with Gasteiger partial charge in [-0.05, 0) is 22.0 Å². The van der Waals surface area contributed by atoms with Crippen LogP contribution in [0, 0.1) is 17.1 Å². The first-order chi connectivity index (χ1) is 7.65. The zero-order valence-electron chi connectivity index (χ0n) is 8.29. The van der Waals surface area contributed by atoms with Crippen LogP contribution in [0.2, 0.25) is 0 Å². The number of halogens is 2. The Kier molecular flexibility index (Phi) is 4.40. The Labute approximate surface area is 99.7 Å². The van der Waals surface area contributed by atoms with E-state index >= 15 is 0 Å². The molecule has 0 aliphatic rings. The molecule has 0 aliphatic carbocycles. The third-order valence-corrected chi connectivity index (χ3v) is 2.44. The SMILES string of the molecule is COCOc1cc(Br)c(C=O)c(F)c1C#N. The van der Waals surface area contributed by atoms with Gasteiger partial charge in [0.25, 0.3) is 0 Å². The highest BCUT2D eigenvalue weighted by molar-refractivity contribution is 9.10. The van der Waals surface area contributed by atoms with Crippen LogP contribution >= 0.6 is 15.9 Å². The van der Waals surface area contributed by atoms with Gasteiger partial charge in [0.1, 0.15) is 17.4 Å². The monoisotopic (exact) mass is 287 g/mol. The lowest BCUT2D eigenvalue weighted by Crippen LogP contribution is -2.04. The van der Waals surface area contributed by atoms with E-state index in [-0.39, 0.29) is 28.1 Å². The van der Waals surface area contributed by atoms with Crippen molar-refractivity contribution in [3.05, 3.63) is 27.5 Å². The Bertz CT molecular complexity index is 456. The van der Waals surface area contributed by atoms with Gasteiger partial charge >= 0.3 is 0 Å². The Hall–Kier alpha value is -1.45. The fourth-order valence-electron chi connectivity index (χ4n) is 1.06. The summed E-state index contributed by atoms with van der Waals surface area (Å²) in [6, 6.07) is 2.99. The lowest BCUT2D eigenvalue weighted by Gasteiger charge is -2.09. The number of carbonyl (C=O) groups is 1. The molecule has 0 saturated heterocycles. The minimum absolute atomic E-state index is 0.0272. The Morgan fingerprint density at radius 2 is 2.38 bits per heavy atom. The molecule has 0 radical (unpaired) electrons. The normalized spacial score (nSPS) is 9.62. The predicted octanol–water partition coefficient (Wildman–Crippen LogP) is 2.26. The maximum atomic E-state index is 13.6. The average molecular weight is 288 g/mol. The van der Waals surface area contributed by atoms with Gasteiger partial charge in [0.15, 0.2) is 18.9 Å². The summed E-state index contributed by atoms with van der Waals surface area (Å²) in [5.74, 6) is -0.877. The number of rotatable bonds is 4. The van der Waals surface area contributed by atoms with E-state index in [1.165, 1.54) is 13.2 Å². The summed E-state index contributed by atoms with van der Waals surface area (Å²) in [6.45, 7) is -0.110. The second-order valence-electron chi connectivity index (χ2n) is 2.74. The average Bonchev–Trinajstić information content (AvgIpc) is 2.26. The van der Waals surface area contributed by atoms with Gasteiger partial charge in [-0.15, -0.1) is 0 Å². The van der Waals surface area contributed by atoms with Crippen LogP contribution in [-0.4, -0.2) is 20.2 Å². The third-order valence-electron chi connectivity index (χ3n) is 1.78. The number of nitrogens with zero attached hydrogens (tertiary/aromatic N) is 1. The van der Waals surface area contributed by atoms with Crippen LogP contribution in [0.5, 0.6) is 5.75 Å². The Balaban J connectivity index is 3.30. The van der Waals surface area contributed by atoms with Crippen molar-refractivity contribution in [2.45, 2.75) is 0 Å². The Morgan fingerprint density at radius 3 is 2.88 bits per heavy atom. The van der Waals surface area contributed by atoms with Gasteiger partial charge in [0.05, 0.1) is 5.56 Å². The third kappa shape index (κ3) is 2.38. The summed E-state index contributed by atoms with van der Waals surface area (Å²) in [6.07, 6.45) is 0.334. The van der Waals surface area contributed by atoms with Gasteiger partial charge in [-0.1, -0.05) is 0 Å². The minimum Gasteiger partial charge on any atom is -0.466 e. The molecule has 0 bridgehead atoms. The highest BCUT2D eigenvalue weighted by Crippen LogP contribution is 2.29. The lowest BCUT2D eigenvalue weighted by molar-refractivity contribution is 0.0506. The molecule has 0 heterocycles. The van der Waals surface area contributed by atoms with E-state index in [1.807, 2.05) is 0 Å². The minimum atomic E-state index is -0.905. The zero-order chi connectivity index (χ0) is 12.1. The van der Waals surface area contributed by atoms with Crippen LogP contribution in [0.1, 0.15) is 15.9 Å². The largest absolute Gasteiger partial charge is 0.466 e. The maximum Gasteiger partial charge on any atom is 0.188 e. The van der Waals surface area contributed by atoms with E-state index < -0.39 is 5.82 Å². The van der Waals surface area contributed by atoms with E-state index in [4.69, 9.17) is 10.00 Å². The van der Waals surface area contributed by atoms with E-state index in [0.29, 0.717) is 6.29 Å². The van der Waals surface area contributed by atoms with Crippen LogP contribution < -0.4 is 4.74 Å². The van der Waals surface area contributed by atoms with Crippen LogP contribution in [0.15, 0.2) is 10.5 Å². The molecule has 0 fully saturated rings. The molecule has 16 heavy (non-hydrogen) atoms. The smallest absolute Gasteiger partial charge is 0.188 e. The standard InChI is InChI=1S/C10H7BrFNO3/c1-15-5-16-9-2-8(11)7(4-14)10(12)6(9)3-13/h2,4H,5H2,1H3. The highest BCUT2D eigenvalue weighted by atomic mass is 79.9. The molecule has 0 N–H and O–H groups in total. The second kappa shape index (κ2) is 5.58. The maximum absolute atomic E-state index is 13.6. The molecular weight excluding hydrogens is 281 g/mol. The van der Waals surface area contributed by atoms with Gasteiger partial charge < -0.3 is 9.47 Å². The van der Waals surface area contributed by atoms with Crippen LogP contribution in [0.4, 0.5) is 4.39 Å². The summed E-state index contributed by atoms with van der Waals surface area (Å²) >= 11 is 3.01. The van der Waals surface area contributed by atoms with Crippen molar-refractivity contribution in [2.24, 2.45) is 0 Å². The zero-order valence-corrected chi connectivity index (χ0v) is 9.88. The molecule has 0 atom stereocenters. The van der Waals surface area contributed by atoms with Crippen molar-refractivity contribution in [3.63, 3.8) is 0 Å². The molecule has 1 rings (SSSR count). The van der Waals surface area contributed by atoms with Crippen molar-refractivity contribution in [1.82, 2.24) is 0 Å². The van der Waals surface area contributed by atoms with Crippen molar-refractivity contribution in [3.8, 4) is 11.8 Å². The summed E-state index contributed by atoms with van der Waals surface area (Å²) in [5, 5.41) is 8.77. The summed E-state index contributed by atoms with van der Waals surface area (Å²) in [7, 11) is 1.40. The second-order valence-corrected chi connectivity index (χ2v) is 3.59. The lowest BCUT2D eigenvalue weighted by atomic mass is 10.1. The first kappa shape index (κ1) is 12.6. The van der Waals surface area contributed by atoms with Gasteiger partial charge in [-0.3, -0.25) is 4.79 Å². The molecule has 0 amide bonds. The molecule has 4 nitrogen and oxygen atoms in total. The number of methoxy groups -OCH3 is 1. The fourth-order valence-corrected chi connectivity index (χ4v) is 1.54. The number of carbonyl (C=O) groups excluding carboxylic acids is 1. The quantitative estimate of drug-likeness (QED) is 0.630. The van der Waals surface area contributed by atoms with E-state index in [2.05, 4.69) is 20.7 Å². The van der Waals surface area contributed by atoms with Gasteiger partial charge in [-0.2, -0.15) is 5.26 Å². The van der Waals surface area contributed by atoms with Gasteiger partial charge in [-0.25, -0.2) is 4.39 Å². The molecular formula is C10H7BrFNO3. The highest BCUT2D eigenvalue weighted by Gasteiger charge is 2.17. The van der Waals surface area contributed by atoms with E-state index in [0.717, 1.165) is 0 Å².